The average molecular weight is 277 g/mol. The molecule has 19 heavy (non-hydrogen) atoms. The van der Waals surface area contributed by atoms with Gasteiger partial charge in [-0.3, -0.25) is 9.59 Å². The highest BCUT2D eigenvalue weighted by atomic mass is 32.2. The molecule has 1 amide bonds. The topological polar surface area (TPSA) is 46.2 Å². The van der Waals surface area contributed by atoms with Crippen LogP contribution < -0.4 is 5.32 Å². The number of Topliss-reactive ketones (excluding diaryl/α,β-unsaturated/α-hetero) is 1. The summed E-state index contributed by atoms with van der Waals surface area (Å²) >= 11 is 1.55. The number of hydrogen-bond donors (Lipinski definition) is 1. The summed E-state index contributed by atoms with van der Waals surface area (Å²) in [6.07, 6.45) is 0. The molecular weight excluding hydrogens is 258 g/mol. The summed E-state index contributed by atoms with van der Waals surface area (Å²) in [5.74, 6) is 0.753. The van der Waals surface area contributed by atoms with Crippen molar-refractivity contribution < 1.29 is 9.59 Å². The second-order valence-electron chi connectivity index (χ2n) is 4.53. The van der Waals surface area contributed by atoms with Gasteiger partial charge in [-0.15, -0.1) is 11.8 Å². The molecule has 0 aromatic heterocycles. The molecule has 0 aliphatic rings. The minimum Gasteiger partial charge on any atom is -0.325 e. The number of nitrogens with one attached hydrogen (secondary N) is 1. The molecule has 0 radical (unpaired) electrons. The van der Waals surface area contributed by atoms with Crippen molar-refractivity contribution in [1.82, 2.24) is 0 Å². The zero-order valence-electron chi connectivity index (χ0n) is 11.5. The Kier molecular flexibility index (Phi) is 5.83. The van der Waals surface area contributed by atoms with Crippen LogP contribution >= 0.6 is 11.8 Å². The largest absolute Gasteiger partial charge is 0.325 e. The highest BCUT2D eigenvalue weighted by Crippen LogP contribution is 2.16. The van der Waals surface area contributed by atoms with Crippen molar-refractivity contribution in [1.29, 1.82) is 0 Å². The lowest BCUT2D eigenvalue weighted by atomic mass is 10.1. The molecule has 1 atom stereocenters. The third-order valence-corrected chi connectivity index (χ3v) is 3.88. The van der Waals surface area contributed by atoms with Crippen molar-refractivity contribution in [2.24, 2.45) is 0 Å². The summed E-state index contributed by atoms with van der Waals surface area (Å²) in [4.78, 5) is 23.1. The van der Waals surface area contributed by atoms with Crippen molar-refractivity contribution in [3.63, 3.8) is 0 Å². The summed E-state index contributed by atoms with van der Waals surface area (Å²) in [6.45, 7) is 9.14. The molecule has 1 unspecified atom stereocenters. The van der Waals surface area contributed by atoms with Gasteiger partial charge in [0.1, 0.15) is 0 Å². The highest BCUT2D eigenvalue weighted by molar-refractivity contribution is 8.00. The highest BCUT2D eigenvalue weighted by Gasteiger charge is 2.13. The Bertz CT molecular complexity index is 479. The normalized spacial score (nSPS) is 11.7. The molecule has 3 nitrogen and oxygen atoms in total. The van der Waals surface area contributed by atoms with Gasteiger partial charge in [0.2, 0.25) is 5.91 Å². The zero-order valence-corrected chi connectivity index (χ0v) is 12.3. The molecule has 0 spiro atoms. The first kappa shape index (κ1) is 15.5. The second kappa shape index (κ2) is 7.14. The summed E-state index contributed by atoms with van der Waals surface area (Å²) in [7, 11) is 0. The van der Waals surface area contributed by atoms with E-state index >= 15 is 0 Å². The monoisotopic (exact) mass is 277 g/mol. The van der Waals surface area contributed by atoms with Crippen molar-refractivity contribution in [2.75, 3.05) is 11.1 Å². The van der Waals surface area contributed by atoms with Gasteiger partial charge in [-0.2, -0.15) is 0 Å². The maximum atomic E-state index is 11.9. The van der Waals surface area contributed by atoms with E-state index in [0.717, 1.165) is 11.3 Å². The van der Waals surface area contributed by atoms with Crippen LogP contribution in [0.4, 0.5) is 5.69 Å². The lowest BCUT2D eigenvalue weighted by Gasteiger charge is -2.12. The number of rotatable bonds is 6. The Hall–Kier alpha value is -1.55. The Labute approximate surface area is 118 Å². The van der Waals surface area contributed by atoms with E-state index in [1.807, 2.05) is 13.8 Å². The number of anilines is 1. The molecule has 0 fully saturated rings. The fraction of sp³-hybridized carbons (Fsp3) is 0.333. The van der Waals surface area contributed by atoms with Crippen LogP contribution in [0.15, 0.2) is 36.4 Å². The average Bonchev–Trinajstić information content (AvgIpc) is 2.36. The van der Waals surface area contributed by atoms with Crippen molar-refractivity contribution >= 4 is 29.1 Å². The molecule has 1 N–H and O–H groups in total. The molecule has 0 bridgehead atoms. The number of thioether (sulfide) groups is 1. The van der Waals surface area contributed by atoms with Gasteiger partial charge in [-0.25, -0.2) is 0 Å². The Morgan fingerprint density at radius 1 is 1.26 bits per heavy atom. The van der Waals surface area contributed by atoms with Crippen LogP contribution in [0.5, 0.6) is 0 Å². The number of carbonyl (C=O) groups excluding carboxylic acids is 2. The van der Waals surface area contributed by atoms with E-state index in [2.05, 4.69) is 11.9 Å². The molecule has 0 heterocycles. The fourth-order valence-electron chi connectivity index (χ4n) is 1.38. The first-order valence-corrected chi connectivity index (χ1v) is 7.13. The summed E-state index contributed by atoms with van der Waals surface area (Å²) in [5.41, 5.74) is 2.40. The lowest BCUT2D eigenvalue weighted by Crippen LogP contribution is -2.22. The molecule has 0 aliphatic carbocycles. The predicted octanol–water partition coefficient (Wildman–Crippen LogP) is 3.53. The second-order valence-corrected chi connectivity index (χ2v) is 5.86. The molecule has 0 saturated heterocycles. The van der Waals surface area contributed by atoms with E-state index in [1.54, 1.807) is 36.0 Å². The van der Waals surface area contributed by atoms with Gasteiger partial charge in [0.25, 0.3) is 0 Å². The fourth-order valence-corrected chi connectivity index (χ4v) is 2.12. The number of carbonyl (C=O) groups is 2. The van der Waals surface area contributed by atoms with Gasteiger partial charge in [0.05, 0.1) is 5.25 Å². The van der Waals surface area contributed by atoms with Crippen LogP contribution in [0.1, 0.15) is 31.1 Å². The first-order chi connectivity index (χ1) is 8.90. The van der Waals surface area contributed by atoms with Crippen LogP contribution in [0, 0.1) is 0 Å². The molecule has 4 heteroatoms. The number of ketones is 1. The van der Waals surface area contributed by atoms with E-state index < -0.39 is 0 Å². The maximum absolute atomic E-state index is 11.9. The van der Waals surface area contributed by atoms with Crippen molar-refractivity contribution in [3.8, 4) is 0 Å². The van der Waals surface area contributed by atoms with Gasteiger partial charge in [-0.05, 0) is 45.0 Å². The Morgan fingerprint density at radius 2 is 1.84 bits per heavy atom. The molecule has 1 aromatic rings. The summed E-state index contributed by atoms with van der Waals surface area (Å²) in [5, 5.41) is 2.70. The van der Waals surface area contributed by atoms with Crippen LogP contribution in [0.25, 0.3) is 0 Å². The van der Waals surface area contributed by atoms with Crippen LogP contribution in [0.2, 0.25) is 0 Å². The third kappa shape index (κ3) is 5.30. The lowest BCUT2D eigenvalue weighted by molar-refractivity contribution is -0.115. The van der Waals surface area contributed by atoms with Crippen molar-refractivity contribution in [3.05, 3.63) is 42.0 Å². The van der Waals surface area contributed by atoms with Gasteiger partial charge in [0.15, 0.2) is 5.78 Å². The molecule has 1 rings (SSSR count). The van der Waals surface area contributed by atoms with Gasteiger partial charge < -0.3 is 5.32 Å². The minimum atomic E-state index is -0.135. The van der Waals surface area contributed by atoms with Gasteiger partial charge in [0, 0.05) is 17.0 Å². The van der Waals surface area contributed by atoms with Crippen LogP contribution in [-0.2, 0) is 4.79 Å². The molecule has 1 aromatic carbocycles. The molecule has 0 aliphatic heterocycles. The Balaban J connectivity index is 2.56. The number of benzene rings is 1. The summed E-state index contributed by atoms with van der Waals surface area (Å²) in [6, 6.07) is 6.91. The van der Waals surface area contributed by atoms with E-state index in [-0.39, 0.29) is 16.9 Å². The third-order valence-electron chi connectivity index (χ3n) is 2.51. The standard InChI is InChI=1S/C15H19NO2S/c1-10(2)9-19-12(4)15(18)16-14-7-5-13(6-8-14)11(3)17/h5-8,12H,1,9H2,2-4H3,(H,16,18). The number of hydrogen-bond acceptors (Lipinski definition) is 3. The van der Waals surface area contributed by atoms with E-state index in [0.29, 0.717) is 11.3 Å². The van der Waals surface area contributed by atoms with E-state index in [1.165, 1.54) is 6.92 Å². The molecular formula is C15H19NO2S. The minimum absolute atomic E-state index is 0.0169. The van der Waals surface area contributed by atoms with Crippen LogP contribution in [0.3, 0.4) is 0 Å². The quantitative estimate of drug-likeness (QED) is 0.639. The van der Waals surface area contributed by atoms with Gasteiger partial charge in [-0.1, -0.05) is 12.2 Å². The molecule has 102 valence electrons. The van der Waals surface area contributed by atoms with E-state index in [4.69, 9.17) is 0 Å². The SMILES string of the molecule is C=C(C)CSC(C)C(=O)Nc1ccc(C(C)=O)cc1. The van der Waals surface area contributed by atoms with Gasteiger partial charge >= 0.3 is 0 Å². The smallest absolute Gasteiger partial charge is 0.237 e. The predicted molar refractivity (Wildman–Crippen MR) is 81.8 cm³/mol. The van der Waals surface area contributed by atoms with Crippen LogP contribution in [-0.4, -0.2) is 22.7 Å². The molecule has 0 saturated carbocycles. The van der Waals surface area contributed by atoms with Crippen molar-refractivity contribution in [2.45, 2.75) is 26.0 Å². The number of amides is 1. The van der Waals surface area contributed by atoms with E-state index in [9.17, 15) is 9.59 Å². The maximum Gasteiger partial charge on any atom is 0.237 e. The first-order valence-electron chi connectivity index (χ1n) is 6.08. The Morgan fingerprint density at radius 3 is 2.32 bits per heavy atom. The summed E-state index contributed by atoms with van der Waals surface area (Å²) < 4.78 is 0. The zero-order chi connectivity index (χ0) is 14.4.